The summed E-state index contributed by atoms with van der Waals surface area (Å²) in [5.41, 5.74) is 0. The van der Waals surface area contributed by atoms with Crippen molar-refractivity contribution < 1.29 is 20.1 Å². The number of allylic oxidation sites excluding steroid dienone is 2. The van der Waals surface area contributed by atoms with Gasteiger partial charge >= 0.3 is 0 Å². The first-order valence-corrected chi connectivity index (χ1v) is 9.90. The van der Waals surface area contributed by atoms with E-state index in [0.29, 0.717) is 16.1 Å². The molecule has 0 aromatic heterocycles. The van der Waals surface area contributed by atoms with E-state index in [9.17, 15) is 15.3 Å². The normalized spacial score (nSPS) is 40.5. The molecule has 1 aliphatic heterocycles. The first kappa shape index (κ1) is 19.6. The van der Waals surface area contributed by atoms with E-state index >= 15 is 0 Å². The number of halogens is 2. The molecule has 2 aliphatic carbocycles. The summed E-state index contributed by atoms with van der Waals surface area (Å²) < 4.78 is 5.74. The van der Waals surface area contributed by atoms with E-state index in [0.717, 1.165) is 12.8 Å². The Morgan fingerprint density at radius 2 is 1.76 bits per heavy atom. The van der Waals surface area contributed by atoms with Gasteiger partial charge in [-0.3, -0.25) is 0 Å². The third-order valence-corrected chi connectivity index (χ3v) is 6.46. The lowest BCUT2D eigenvalue weighted by Crippen LogP contribution is -2.49. The van der Waals surface area contributed by atoms with Crippen LogP contribution in [0.2, 0.25) is 0 Å². The zero-order valence-electron chi connectivity index (χ0n) is 14.2. The minimum atomic E-state index is -1.14. The number of ether oxygens (including phenoxy) is 1. The second-order valence-corrected chi connectivity index (χ2v) is 8.08. The fourth-order valence-electron chi connectivity index (χ4n) is 4.16. The van der Waals surface area contributed by atoms with E-state index in [1.807, 2.05) is 6.08 Å². The summed E-state index contributed by atoms with van der Waals surface area (Å²) in [6.07, 6.45) is 7.11. The van der Waals surface area contributed by atoms with Gasteiger partial charge in [-0.2, -0.15) is 0 Å². The van der Waals surface area contributed by atoms with Crippen molar-refractivity contribution in [1.82, 2.24) is 5.32 Å². The maximum absolute atomic E-state index is 10.4. The largest absolute Gasteiger partial charge is 0.394 e. The van der Waals surface area contributed by atoms with Gasteiger partial charge in [-0.15, -0.1) is 0 Å². The molecule has 0 spiro atoms. The van der Waals surface area contributed by atoms with Gasteiger partial charge in [0.05, 0.1) is 17.7 Å². The Bertz CT molecular complexity index is 519. The van der Waals surface area contributed by atoms with Gasteiger partial charge < -0.3 is 25.4 Å². The third kappa shape index (κ3) is 4.24. The van der Waals surface area contributed by atoms with Gasteiger partial charge in [-0.05, 0) is 18.9 Å². The predicted molar refractivity (Wildman–Crippen MR) is 97.5 cm³/mol. The van der Waals surface area contributed by atoms with Crippen molar-refractivity contribution in [1.29, 1.82) is 0 Å². The van der Waals surface area contributed by atoms with E-state index in [2.05, 4.69) is 5.32 Å². The van der Waals surface area contributed by atoms with E-state index in [1.54, 1.807) is 6.08 Å². The molecule has 2 fully saturated rings. The molecular formula is C18H27Cl2NO4. The van der Waals surface area contributed by atoms with Crippen molar-refractivity contribution in [2.45, 2.75) is 75.0 Å². The molecule has 0 aromatic rings. The number of aliphatic hydroxyl groups is 3. The summed E-state index contributed by atoms with van der Waals surface area (Å²) >= 11 is 12.7. The van der Waals surface area contributed by atoms with Gasteiger partial charge in [0.25, 0.3) is 0 Å². The quantitative estimate of drug-likeness (QED) is 0.551. The average molecular weight is 392 g/mol. The molecule has 0 radical (unpaired) electrons. The Labute approximate surface area is 158 Å². The van der Waals surface area contributed by atoms with E-state index in [-0.39, 0.29) is 12.6 Å². The molecule has 0 amide bonds. The average Bonchev–Trinajstić information content (AvgIpc) is 2.79. The Morgan fingerprint density at radius 3 is 2.36 bits per heavy atom. The summed E-state index contributed by atoms with van der Waals surface area (Å²) in [5.74, 6) is -0.399. The zero-order valence-corrected chi connectivity index (χ0v) is 15.7. The number of aliphatic hydroxyl groups excluding tert-OH is 3. The SMILES string of the molecule is OC[C@@H]1O[C@H](C2C(Cl)=C(Cl)C=CC2NC2CCCCCC2)[C@@H](O)[C@H]1O. The molecule has 0 bridgehead atoms. The van der Waals surface area contributed by atoms with E-state index in [4.69, 9.17) is 27.9 Å². The van der Waals surface area contributed by atoms with Crippen LogP contribution in [-0.4, -0.2) is 58.4 Å². The van der Waals surface area contributed by atoms with Crippen molar-refractivity contribution in [3.05, 3.63) is 22.2 Å². The number of rotatable bonds is 4. The van der Waals surface area contributed by atoms with Gasteiger partial charge in [-0.1, -0.05) is 55.0 Å². The van der Waals surface area contributed by atoms with Crippen LogP contribution in [-0.2, 0) is 4.74 Å². The second-order valence-electron chi connectivity index (χ2n) is 7.26. The molecule has 6 atom stereocenters. The fourth-order valence-corrected chi connectivity index (χ4v) is 4.68. The van der Waals surface area contributed by atoms with Crippen LogP contribution in [0.4, 0.5) is 0 Å². The molecular weight excluding hydrogens is 365 g/mol. The number of nitrogens with one attached hydrogen (secondary N) is 1. The van der Waals surface area contributed by atoms with Crippen LogP contribution in [0.15, 0.2) is 22.2 Å². The Kier molecular flexibility index (Phi) is 6.83. The van der Waals surface area contributed by atoms with Gasteiger partial charge in [0, 0.05) is 23.0 Å². The third-order valence-electron chi connectivity index (χ3n) is 5.57. The minimum Gasteiger partial charge on any atom is -0.394 e. The maximum atomic E-state index is 10.4. The molecule has 25 heavy (non-hydrogen) atoms. The lowest BCUT2D eigenvalue weighted by atomic mass is 9.85. The standard InChI is InChI=1S/C18H27Cl2NO4/c19-11-7-8-12(21-10-5-3-1-2-4-6-10)14(15(11)20)18-17(24)16(23)13(9-22)25-18/h7-8,10,12-14,16-18,21-24H,1-6,9H2/t12?,13-,14?,16-,17-,18+/m0/s1. The van der Waals surface area contributed by atoms with Crippen LogP contribution in [0.3, 0.4) is 0 Å². The van der Waals surface area contributed by atoms with E-state index < -0.39 is 30.3 Å². The monoisotopic (exact) mass is 391 g/mol. The van der Waals surface area contributed by atoms with Crippen LogP contribution >= 0.6 is 23.2 Å². The summed E-state index contributed by atoms with van der Waals surface area (Å²) in [6.45, 7) is -0.354. The number of hydrogen-bond donors (Lipinski definition) is 4. The van der Waals surface area contributed by atoms with Crippen LogP contribution < -0.4 is 5.32 Å². The highest BCUT2D eigenvalue weighted by Crippen LogP contribution is 2.39. The van der Waals surface area contributed by atoms with E-state index in [1.165, 1.54) is 25.7 Å². The predicted octanol–water partition coefficient (Wildman–Crippen LogP) is 2.02. The Morgan fingerprint density at radius 1 is 1.08 bits per heavy atom. The lowest BCUT2D eigenvalue weighted by Gasteiger charge is -2.36. The second kappa shape index (κ2) is 8.70. The van der Waals surface area contributed by atoms with Crippen LogP contribution in [0.25, 0.3) is 0 Å². The highest BCUT2D eigenvalue weighted by Gasteiger charge is 2.49. The van der Waals surface area contributed by atoms with Crippen molar-refractivity contribution in [2.75, 3.05) is 6.61 Å². The molecule has 2 unspecified atom stereocenters. The highest BCUT2D eigenvalue weighted by atomic mass is 35.5. The molecule has 1 heterocycles. The summed E-state index contributed by atoms with van der Waals surface area (Å²) in [5, 5.41) is 34.3. The summed E-state index contributed by atoms with van der Waals surface area (Å²) in [4.78, 5) is 0. The molecule has 3 aliphatic rings. The van der Waals surface area contributed by atoms with Crippen molar-refractivity contribution in [3.8, 4) is 0 Å². The molecule has 3 rings (SSSR count). The van der Waals surface area contributed by atoms with Crippen LogP contribution in [0, 0.1) is 5.92 Å². The molecule has 4 N–H and O–H groups in total. The smallest absolute Gasteiger partial charge is 0.111 e. The summed E-state index contributed by atoms with van der Waals surface area (Å²) in [7, 11) is 0. The highest BCUT2D eigenvalue weighted by molar-refractivity contribution is 6.40. The van der Waals surface area contributed by atoms with Crippen molar-refractivity contribution in [3.63, 3.8) is 0 Å². The molecule has 5 nitrogen and oxygen atoms in total. The van der Waals surface area contributed by atoms with Gasteiger partial charge in [0.15, 0.2) is 0 Å². The zero-order chi connectivity index (χ0) is 18.0. The Hall–Kier alpha value is -0.140. The molecule has 0 aromatic carbocycles. The fraction of sp³-hybridized carbons (Fsp3) is 0.778. The Balaban J connectivity index is 1.78. The first-order valence-electron chi connectivity index (χ1n) is 9.14. The summed E-state index contributed by atoms with van der Waals surface area (Å²) in [6, 6.07) is 0.250. The van der Waals surface area contributed by atoms with Gasteiger partial charge in [0.2, 0.25) is 0 Å². The lowest BCUT2D eigenvalue weighted by molar-refractivity contribution is -0.0400. The van der Waals surface area contributed by atoms with Crippen molar-refractivity contribution in [2.24, 2.45) is 5.92 Å². The van der Waals surface area contributed by atoms with Gasteiger partial charge in [0.1, 0.15) is 18.3 Å². The first-order chi connectivity index (χ1) is 12.0. The molecule has 7 heteroatoms. The number of hydrogen-bond acceptors (Lipinski definition) is 5. The molecule has 1 saturated carbocycles. The van der Waals surface area contributed by atoms with Crippen molar-refractivity contribution >= 4 is 23.2 Å². The topological polar surface area (TPSA) is 82.0 Å². The van der Waals surface area contributed by atoms with Crippen LogP contribution in [0.5, 0.6) is 0 Å². The van der Waals surface area contributed by atoms with Crippen LogP contribution in [0.1, 0.15) is 38.5 Å². The maximum Gasteiger partial charge on any atom is 0.111 e. The van der Waals surface area contributed by atoms with Gasteiger partial charge in [-0.25, -0.2) is 0 Å². The molecule has 142 valence electrons. The molecule has 1 saturated heterocycles. The minimum absolute atomic E-state index is 0.137.